The number of carbonyl (C=O) groups excluding carboxylic acids is 1. The van der Waals surface area contributed by atoms with Crippen LogP contribution in [0.5, 0.6) is 0 Å². The summed E-state index contributed by atoms with van der Waals surface area (Å²) in [6, 6.07) is 24.1. The number of hydrogen-bond donors (Lipinski definition) is 1. The molecule has 0 aliphatic carbocycles. The number of allylic oxidation sites excluding steroid dienone is 1. The zero-order valence-corrected chi connectivity index (χ0v) is 19.9. The van der Waals surface area contributed by atoms with Gasteiger partial charge in [0.05, 0.1) is 17.7 Å². The first-order valence-electron chi connectivity index (χ1n) is 10.5. The minimum Gasteiger partial charge on any atom is -0.351 e. The quantitative estimate of drug-likeness (QED) is 0.359. The van der Waals surface area contributed by atoms with Crippen LogP contribution in [0.15, 0.2) is 84.1 Å². The summed E-state index contributed by atoms with van der Waals surface area (Å²) in [5.74, 6) is -0.0950. The molecule has 3 aromatic carbocycles. The number of nitriles is 1. The summed E-state index contributed by atoms with van der Waals surface area (Å²) >= 11 is 11.8. The maximum Gasteiger partial charge on any atom is 0.193 e. The third-order valence-corrected chi connectivity index (χ3v) is 6.37. The Morgan fingerprint density at radius 3 is 2.27 bits per heavy atom. The van der Waals surface area contributed by atoms with E-state index in [9.17, 15) is 4.79 Å². The van der Waals surface area contributed by atoms with E-state index in [1.165, 1.54) is 5.56 Å². The molecule has 1 unspecified atom stereocenters. The van der Waals surface area contributed by atoms with Crippen LogP contribution >= 0.6 is 23.8 Å². The number of nitrogens with one attached hydrogen (secondary N) is 1. The van der Waals surface area contributed by atoms with Crippen LogP contribution < -0.4 is 5.32 Å². The van der Waals surface area contributed by atoms with Crippen LogP contribution in [-0.4, -0.2) is 15.8 Å². The molecule has 4 nitrogen and oxygen atoms in total. The van der Waals surface area contributed by atoms with Gasteiger partial charge in [0.1, 0.15) is 0 Å². The van der Waals surface area contributed by atoms with Crippen molar-refractivity contribution in [1.82, 2.24) is 10.2 Å². The molecule has 4 rings (SSSR count). The molecule has 1 atom stereocenters. The van der Waals surface area contributed by atoms with E-state index in [2.05, 4.69) is 35.7 Å². The van der Waals surface area contributed by atoms with Gasteiger partial charge >= 0.3 is 0 Å². The molecule has 1 aliphatic rings. The number of benzene rings is 3. The number of hydrogen-bond acceptors (Lipinski definition) is 3. The van der Waals surface area contributed by atoms with Gasteiger partial charge in [-0.05, 0) is 73.6 Å². The first-order chi connectivity index (χ1) is 15.9. The van der Waals surface area contributed by atoms with E-state index in [1.54, 1.807) is 36.4 Å². The molecule has 164 valence electrons. The Morgan fingerprint density at radius 2 is 1.67 bits per heavy atom. The lowest BCUT2D eigenvalue weighted by atomic mass is 9.88. The van der Waals surface area contributed by atoms with Crippen molar-refractivity contribution in [2.45, 2.75) is 26.4 Å². The lowest BCUT2D eigenvalue weighted by Gasteiger charge is -2.38. The molecule has 33 heavy (non-hydrogen) atoms. The third kappa shape index (κ3) is 4.83. The predicted molar refractivity (Wildman–Crippen MR) is 135 cm³/mol. The van der Waals surface area contributed by atoms with Gasteiger partial charge in [0.2, 0.25) is 0 Å². The van der Waals surface area contributed by atoms with E-state index < -0.39 is 6.04 Å². The Hall–Kier alpha value is -3.46. The Balaban J connectivity index is 1.79. The Labute approximate surface area is 204 Å². The smallest absolute Gasteiger partial charge is 0.193 e. The second-order valence-electron chi connectivity index (χ2n) is 8.02. The van der Waals surface area contributed by atoms with Crippen LogP contribution in [0.3, 0.4) is 0 Å². The van der Waals surface area contributed by atoms with Gasteiger partial charge in [0.25, 0.3) is 0 Å². The molecule has 0 amide bonds. The molecule has 1 heterocycles. The van der Waals surface area contributed by atoms with Crippen molar-refractivity contribution in [3.8, 4) is 6.07 Å². The number of rotatable bonds is 5. The molecule has 0 saturated heterocycles. The summed E-state index contributed by atoms with van der Waals surface area (Å²) in [5, 5.41) is 13.6. The minimum atomic E-state index is -0.428. The predicted octanol–water partition coefficient (Wildman–Crippen LogP) is 6.11. The molecule has 6 heteroatoms. The lowest BCUT2D eigenvalue weighted by molar-refractivity contribution is 0.102. The van der Waals surface area contributed by atoms with E-state index in [-0.39, 0.29) is 5.78 Å². The highest BCUT2D eigenvalue weighted by atomic mass is 35.5. The Kier molecular flexibility index (Phi) is 6.60. The topological polar surface area (TPSA) is 56.1 Å². The first kappa shape index (κ1) is 22.7. The second kappa shape index (κ2) is 9.58. The average molecular weight is 472 g/mol. The average Bonchev–Trinajstić information content (AvgIpc) is 2.83. The van der Waals surface area contributed by atoms with E-state index in [0.29, 0.717) is 33.4 Å². The monoisotopic (exact) mass is 471 g/mol. The fraction of sp³-hybridized carbons (Fsp3) is 0.148. The molecular formula is C27H22ClN3OS. The van der Waals surface area contributed by atoms with Crippen molar-refractivity contribution in [2.24, 2.45) is 0 Å². The largest absolute Gasteiger partial charge is 0.351 e. The molecule has 3 aromatic rings. The number of Topliss-reactive ketones (excluding diaryl/α,β-unsaturated/α-hetero) is 1. The highest BCUT2D eigenvalue weighted by Crippen LogP contribution is 2.34. The van der Waals surface area contributed by atoms with E-state index in [4.69, 9.17) is 29.1 Å². The van der Waals surface area contributed by atoms with E-state index in [0.717, 1.165) is 16.8 Å². The van der Waals surface area contributed by atoms with Crippen molar-refractivity contribution in [1.29, 1.82) is 5.26 Å². The zero-order chi connectivity index (χ0) is 23.5. The number of ketones is 1. The summed E-state index contributed by atoms with van der Waals surface area (Å²) < 4.78 is 0. The minimum absolute atomic E-state index is 0.0950. The van der Waals surface area contributed by atoms with Crippen molar-refractivity contribution in [3.63, 3.8) is 0 Å². The summed E-state index contributed by atoms with van der Waals surface area (Å²) in [6.07, 6.45) is 0. The molecule has 0 fully saturated rings. The van der Waals surface area contributed by atoms with Crippen molar-refractivity contribution in [2.75, 3.05) is 0 Å². The van der Waals surface area contributed by atoms with Gasteiger partial charge in [-0.25, -0.2) is 0 Å². The highest BCUT2D eigenvalue weighted by Gasteiger charge is 2.34. The van der Waals surface area contributed by atoms with Crippen LogP contribution in [-0.2, 0) is 6.54 Å². The molecule has 0 aromatic heterocycles. The van der Waals surface area contributed by atoms with Gasteiger partial charge in [-0.1, -0.05) is 53.6 Å². The Bertz CT molecular complexity index is 1270. The Morgan fingerprint density at radius 1 is 1.03 bits per heavy atom. The highest BCUT2D eigenvalue weighted by molar-refractivity contribution is 7.80. The normalized spacial score (nSPS) is 15.8. The van der Waals surface area contributed by atoms with Gasteiger partial charge in [0, 0.05) is 28.4 Å². The SMILES string of the molecule is CC1=C(C(=O)c2ccc(Cl)cc2)C(c2ccc(C#N)cc2)NC(=S)N1Cc1ccc(C)cc1. The number of halogens is 1. The van der Waals surface area contributed by atoms with E-state index >= 15 is 0 Å². The van der Waals surface area contributed by atoms with Crippen LogP contribution in [0, 0.1) is 18.3 Å². The van der Waals surface area contributed by atoms with Gasteiger partial charge in [0.15, 0.2) is 10.9 Å². The molecule has 1 N–H and O–H groups in total. The number of carbonyl (C=O) groups is 1. The van der Waals surface area contributed by atoms with Crippen molar-refractivity contribution < 1.29 is 4.79 Å². The fourth-order valence-corrected chi connectivity index (χ4v) is 4.34. The maximum atomic E-state index is 13.7. The molecule has 0 bridgehead atoms. The molecule has 0 saturated carbocycles. The van der Waals surface area contributed by atoms with Gasteiger partial charge in [-0.15, -0.1) is 0 Å². The van der Waals surface area contributed by atoms with Crippen LogP contribution in [0.25, 0.3) is 0 Å². The van der Waals surface area contributed by atoms with Crippen LogP contribution in [0.4, 0.5) is 0 Å². The molecule has 1 aliphatic heterocycles. The molecular weight excluding hydrogens is 450 g/mol. The maximum absolute atomic E-state index is 13.7. The molecule has 0 spiro atoms. The molecule has 0 radical (unpaired) electrons. The van der Waals surface area contributed by atoms with Crippen molar-refractivity contribution in [3.05, 3.63) is 117 Å². The number of nitrogens with zero attached hydrogens (tertiary/aromatic N) is 2. The number of thiocarbonyl (C=S) groups is 1. The third-order valence-electron chi connectivity index (χ3n) is 5.78. The lowest BCUT2D eigenvalue weighted by Crippen LogP contribution is -2.47. The summed E-state index contributed by atoms with van der Waals surface area (Å²) in [7, 11) is 0. The number of aryl methyl sites for hydroxylation is 1. The summed E-state index contributed by atoms with van der Waals surface area (Å²) in [4.78, 5) is 15.7. The van der Waals surface area contributed by atoms with Gasteiger partial charge < -0.3 is 10.2 Å². The van der Waals surface area contributed by atoms with Gasteiger partial charge in [-0.2, -0.15) is 5.26 Å². The van der Waals surface area contributed by atoms with Crippen LogP contribution in [0.2, 0.25) is 5.02 Å². The zero-order valence-electron chi connectivity index (χ0n) is 18.3. The van der Waals surface area contributed by atoms with Gasteiger partial charge in [-0.3, -0.25) is 4.79 Å². The summed E-state index contributed by atoms with van der Waals surface area (Å²) in [5.41, 5.74) is 5.67. The van der Waals surface area contributed by atoms with E-state index in [1.807, 2.05) is 30.9 Å². The van der Waals surface area contributed by atoms with Crippen LogP contribution in [0.1, 0.15) is 45.6 Å². The summed E-state index contributed by atoms with van der Waals surface area (Å²) in [6.45, 7) is 4.53. The second-order valence-corrected chi connectivity index (χ2v) is 8.85. The standard InChI is InChI=1S/C27H22ClN3OS/c1-17-3-5-20(6-4-17)16-31-18(2)24(26(32)22-11-13-23(28)14-12-22)25(30-27(31)33)21-9-7-19(15-29)8-10-21/h3-14,25H,16H2,1-2H3,(H,30,33). The van der Waals surface area contributed by atoms with Crippen molar-refractivity contribution >= 4 is 34.7 Å². The fourth-order valence-electron chi connectivity index (χ4n) is 3.90. The first-order valence-corrected chi connectivity index (χ1v) is 11.3.